The monoisotopic (exact) mass is 636 g/mol. The Balaban J connectivity index is 0.000000340. The van der Waals surface area contributed by atoms with Crippen LogP contribution in [0.15, 0.2) is 72.8 Å². The predicted molar refractivity (Wildman–Crippen MR) is 198 cm³/mol. The summed E-state index contributed by atoms with van der Waals surface area (Å²) in [5.41, 5.74) is 3.82. The van der Waals surface area contributed by atoms with Crippen LogP contribution in [0.2, 0.25) is 0 Å². The molecule has 46 heavy (non-hydrogen) atoms. The van der Waals surface area contributed by atoms with Gasteiger partial charge in [-0.15, -0.1) is 0 Å². The number of nitrogens with zero attached hydrogens (tertiary/aromatic N) is 3. The van der Waals surface area contributed by atoms with Gasteiger partial charge in [-0.3, -0.25) is 9.80 Å². The van der Waals surface area contributed by atoms with Crippen molar-refractivity contribution in [1.29, 1.82) is 0 Å². The highest BCUT2D eigenvalue weighted by Crippen LogP contribution is 2.14. The zero-order valence-corrected chi connectivity index (χ0v) is 28.1. The summed E-state index contributed by atoms with van der Waals surface area (Å²) in [6.07, 6.45) is 6.81. The minimum atomic E-state index is 0. The van der Waals surface area contributed by atoms with Crippen LogP contribution in [-0.2, 0) is 0 Å². The Kier molecular flexibility index (Phi) is 21.5. The highest BCUT2D eigenvalue weighted by atomic mass is 16.5. The van der Waals surface area contributed by atoms with Crippen LogP contribution in [0.4, 0.5) is 0 Å². The molecule has 6 nitrogen and oxygen atoms in total. The Bertz CT molecular complexity index is 1120. The molecule has 0 aliphatic carbocycles. The standard InChI is InChI=1S/C14H21NO.C13H19NO.C11H17NO.2CH4/c1-13-5-7-14(8-6-13)16-12-11-15-9-3-2-4-10-15;1-12-4-6-13(7-5-12)15-11-10-14-8-2-3-9-14;1-10-4-6-11(7-5-10)13-9-8-12(2)3;;/h5-8H,2-4,9-12H2,1H3;4-7H,2-3,8-11H2,1H3;4-7H,8-9H2,1-3H3;2*1H4. The van der Waals surface area contributed by atoms with Gasteiger partial charge in [-0.2, -0.15) is 0 Å². The van der Waals surface area contributed by atoms with Crippen molar-refractivity contribution in [2.24, 2.45) is 0 Å². The molecule has 2 heterocycles. The number of hydrogen-bond donors (Lipinski definition) is 0. The van der Waals surface area contributed by atoms with Crippen molar-refractivity contribution in [2.75, 3.05) is 79.7 Å². The predicted octanol–water partition coefficient (Wildman–Crippen LogP) is 8.54. The van der Waals surface area contributed by atoms with Crippen LogP contribution >= 0.6 is 0 Å². The van der Waals surface area contributed by atoms with E-state index in [1.165, 1.54) is 75.0 Å². The molecule has 0 bridgehead atoms. The van der Waals surface area contributed by atoms with E-state index in [0.717, 1.165) is 56.7 Å². The quantitative estimate of drug-likeness (QED) is 0.199. The SMILES string of the molecule is C.C.Cc1ccc(OCCN(C)C)cc1.Cc1ccc(OCCN2CCCC2)cc1.Cc1ccc(OCCN2CCCCC2)cc1. The first-order valence-corrected chi connectivity index (χ1v) is 16.6. The molecule has 3 aromatic rings. The summed E-state index contributed by atoms with van der Waals surface area (Å²) in [5, 5.41) is 0. The van der Waals surface area contributed by atoms with Gasteiger partial charge in [-0.25, -0.2) is 0 Å². The number of aryl methyl sites for hydroxylation is 3. The topological polar surface area (TPSA) is 37.4 Å². The molecular weight excluding hydrogens is 570 g/mol. The molecule has 6 heteroatoms. The highest BCUT2D eigenvalue weighted by molar-refractivity contribution is 5.27. The van der Waals surface area contributed by atoms with Gasteiger partial charge in [-0.05, 0) is 123 Å². The van der Waals surface area contributed by atoms with E-state index in [0.29, 0.717) is 0 Å². The summed E-state index contributed by atoms with van der Waals surface area (Å²) in [6.45, 7) is 16.7. The van der Waals surface area contributed by atoms with Gasteiger partial charge >= 0.3 is 0 Å². The third-order valence-electron chi connectivity index (χ3n) is 7.87. The summed E-state index contributed by atoms with van der Waals surface area (Å²) in [5.74, 6) is 2.93. The lowest BCUT2D eigenvalue weighted by Gasteiger charge is -2.26. The zero-order valence-electron chi connectivity index (χ0n) is 28.1. The van der Waals surface area contributed by atoms with Crippen LogP contribution in [0.25, 0.3) is 0 Å². The minimum absolute atomic E-state index is 0. The molecule has 3 aromatic carbocycles. The Morgan fingerprint density at radius 2 is 0.783 bits per heavy atom. The molecule has 2 aliphatic rings. The normalized spacial score (nSPS) is 14.5. The average Bonchev–Trinajstić information content (AvgIpc) is 3.55. The molecule has 0 spiro atoms. The molecule has 2 saturated heterocycles. The van der Waals surface area contributed by atoms with Gasteiger partial charge in [0.2, 0.25) is 0 Å². The van der Waals surface area contributed by atoms with Gasteiger partial charge in [-0.1, -0.05) is 74.4 Å². The number of rotatable bonds is 12. The molecule has 2 fully saturated rings. The molecule has 0 radical (unpaired) electrons. The molecule has 0 unspecified atom stereocenters. The average molecular weight is 636 g/mol. The molecule has 0 aromatic heterocycles. The molecule has 5 rings (SSSR count). The Morgan fingerprint density at radius 1 is 0.478 bits per heavy atom. The second-order valence-electron chi connectivity index (χ2n) is 12.2. The van der Waals surface area contributed by atoms with E-state index in [1.54, 1.807) is 0 Å². The lowest BCUT2D eigenvalue weighted by atomic mass is 10.1. The van der Waals surface area contributed by atoms with Crippen molar-refractivity contribution in [3.63, 3.8) is 0 Å². The Hall–Kier alpha value is -3.06. The highest BCUT2D eigenvalue weighted by Gasteiger charge is 2.11. The summed E-state index contributed by atoms with van der Waals surface area (Å²) in [4.78, 5) is 7.07. The zero-order chi connectivity index (χ0) is 31.4. The second-order valence-corrected chi connectivity index (χ2v) is 12.2. The van der Waals surface area contributed by atoms with Crippen molar-refractivity contribution in [2.45, 2.75) is 67.7 Å². The van der Waals surface area contributed by atoms with Crippen molar-refractivity contribution in [1.82, 2.24) is 14.7 Å². The van der Waals surface area contributed by atoms with Crippen LogP contribution in [-0.4, -0.2) is 94.4 Å². The maximum atomic E-state index is 5.72. The Labute approximate surface area is 282 Å². The van der Waals surface area contributed by atoms with E-state index in [9.17, 15) is 0 Å². The lowest BCUT2D eigenvalue weighted by Crippen LogP contribution is -2.33. The third kappa shape index (κ3) is 18.2. The summed E-state index contributed by atoms with van der Waals surface area (Å²) in [6, 6.07) is 24.7. The van der Waals surface area contributed by atoms with Crippen molar-refractivity contribution < 1.29 is 14.2 Å². The number of piperidine rings is 1. The van der Waals surface area contributed by atoms with Gasteiger partial charge in [0.15, 0.2) is 0 Å². The van der Waals surface area contributed by atoms with Crippen molar-refractivity contribution >= 4 is 0 Å². The van der Waals surface area contributed by atoms with Gasteiger partial charge in [0.1, 0.15) is 37.1 Å². The number of likely N-dealkylation sites (tertiary alicyclic amines) is 2. The van der Waals surface area contributed by atoms with Crippen molar-refractivity contribution in [3.8, 4) is 17.2 Å². The van der Waals surface area contributed by atoms with Gasteiger partial charge < -0.3 is 19.1 Å². The number of likely N-dealkylation sites (N-methyl/N-ethyl adjacent to an activating group) is 1. The maximum absolute atomic E-state index is 5.72. The number of ether oxygens (including phenoxy) is 3. The molecule has 258 valence electrons. The van der Waals surface area contributed by atoms with E-state index < -0.39 is 0 Å². The Morgan fingerprint density at radius 3 is 1.11 bits per heavy atom. The van der Waals surface area contributed by atoms with Crippen LogP contribution in [0.1, 0.15) is 63.6 Å². The van der Waals surface area contributed by atoms with E-state index in [2.05, 4.69) is 71.9 Å². The third-order valence-corrected chi connectivity index (χ3v) is 7.87. The fourth-order valence-electron chi connectivity index (χ4n) is 5.02. The van der Waals surface area contributed by atoms with Gasteiger partial charge in [0.25, 0.3) is 0 Å². The summed E-state index contributed by atoms with van der Waals surface area (Å²) < 4.78 is 16.9. The van der Waals surface area contributed by atoms with E-state index in [1.807, 2.05) is 50.5 Å². The number of hydrogen-bond acceptors (Lipinski definition) is 6. The van der Waals surface area contributed by atoms with Gasteiger partial charge in [0.05, 0.1) is 0 Å². The first kappa shape index (κ1) is 41.0. The fraction of sp³-hybridized carbons (Fsp3) is 0.550. The molecule has 0 saturated carbocycles. The van der Waals surface area contributed by atoms with Crippen molar-refractivity contribution in [3.05, 3.63) is 89.5 Å². The van der Waals surface area contributed by atoms with Crippen LogP contribution in [0.3, 0.4) is 0 Å². The minimum Gasteiger partial charge on any atom is -0.492 e. The number of benzene rings is 3. The summed E-state index contributed by atoms with van der Waals surface area (Å²) in [7, 11) is 4.08. The first-order valence-electron chi connectivity index (χ1n) is 16.6. The maximum Gasteiger partial charge on any atom is 0.119 e. The largest absolute Gasteiger partial charge is 0.492 e. The van der Waals surface area contributed by atoms with E-state index in [-0.39, 0.29) is 14.9 Å². The van der Waals surface area contributed by atoms with Crippen LogP contribution < -0.4 is 14.2 Å². The summed E-state index contributed by atoms with van der Waals surface area (Å²) >= 11 is 0. The molecule has 2 aliphatic heterocycles. The van der Waals surface area contributed by atoms with Crippen LogP contribution in [0.5, 0.6) is 17.2 Å². The smallest absolute Gasteiger partial charge is 0.119 e. The molecule has 0 amide bonds. The van der Waals surface area contributed by atoms with Crippen LogP contribution in [0, 0.1) is 20.8 Å². The van der Waals surface area contributed by atoms with Gasteiger partial charge in [0, 0.05) is 19.6 Å². The fourth-order valence-corrected chi connectivity index (χ4v) is 5.02. The lowest BCUT2D eigenvalue weighted by molar-refractivity contribution is 0.183. The van der Waals surface area contributed by atoms with E-state index >= 15 is 0 Å². The molecule has 0 atom stereocenters. The van der Waals surface area contributed by atoms with E-state index in [4.69, 9.17) is 14.2 Å². The molecule has 0 N–H and O–H groups in total. The first-order chi connectivity index (χ1) is 21.4. The molecular formula is C40H65N3O3. The second kappa shape index (κ2) is 24.2.